The number of cyclic esters (lactones) is 1. The normalized spacial score (nSPS) is 39.2. The molecule has 0 amide bonds. The zero-order valence-electron chi connectivity index (χ0n) is 20.5. The Labute approximate surface area is 208 Å². The predicted molar refractivity (Wildman–Crippen MR) is 132 cm³/mol. The largest absolute Gasteiger partial charge is 0.456 e. The molecule has 4 aliphatic rings. The molecular formula is C28H40O7. The van der Waals surface area contributed by atoms with E-state index in [2.05, 4.69) is 12.7 Å². The van der Waals surface area contributed by atoms with Crippen LogP contribution >= 0.6 is 0 Å². The summed E-state index contributed by atoms with van der Waals surface area (Å²) < 4.78 is 23.2. The summed E-state index contributed by atoms with van der Waals surface area (Å²) in [4.78, 5) is 12.6. The highest BCUT2D eigenvalue weighted by molar-refractivity contribution is 5.82. The Morgan fingerprint density at radius 3 is 2.83 bits per heavy atom. The standard InChI is InChI=1S/C28H40O7/c1-19-7-4-9-21-10-5-11-22(33-21)12-6-13-27(31)34-25(18-26-28(35-26)24(30)17-19)23(29)15-14-20-8-2-3-16-32-20/h5-6,11,13-15,20-26,28-30H,1-4,7-10,12,16-18H2/b13-6-,15-14+/t20?,21-,22?,23?,24+,25?,26+,28?/m1/s1. The van der Waals surface area contributed by atoms with Crippen molar-refractivity contribution in [2.24, 2.45) is 0 Å². The number of ether oxygens (including phenoxy) is 4. The highest BCUT2D eigenvalue weighted by Gasteiger charge is 2.46. The monoisotopic (exact) mass is 488 g/mol. The lowest BCUT2D eigenvalue weighted by atomic mass is 9.97. The molecule has 0 saturated carbocycles. The molecule has 194 valence electrons. The molecule has 7 nitrogen and oxygen atoms in total. The van der Waals surface area contributed by atoms with Gasteiger partial charge in [-0.25, -0.2) is 4.79 Å². The van der Waals surface area contributed by atoms with Gasteiger partial charge in [0.1, 0.15) is 18.3 Å². The van der Waals surface area contributed by atoms with Gasteiger partial charge in [-0.2, -0.15) is 0 Å². The molecule has 0 aliphatic carbocycles. The number of epoxide rings is 1. The number of carbonyl (C=O) groups excluding carboxylic acids is 1. The highest BCUT2D eigenvalue weighted by Crippen LogP contribution is 2.34. The average Bonchev–Trinajstić information content (AvgIpc) is 3.62. The maximum absolute atomic E-state index is 12.6. The van der Waals surface area contributed by atoms with Crippen molar-refractivity contribution in [3.05, 3.63) is 48.6 Å². The van der Waals surface area contributed by atoms with Crippen molar-refractivity contribution in [3.63, 3.8) is 0 Å². The maximum Gasteiger partial charge on any atom is 0.330 e. The molecular weight excluding hydrogens is 448 g/mol. The second kappa shape index (κ2) is 13.0. The van der Waals surface area contributed by atoms with Gasteiger partial charge in [-0.15, -0.1) is 0 Å². The summed E-state index contributed by atoms with van der Waals surface area (Å²) in [6.07, 6.45) is 15.9. The molecule has 0 aromatic rings. The van der Waals surface area contributed by atoms with Crippen LogP contribution in [0, 0.1) is 0 Å². The number of aliphatic hydroxyl groups excluding tert-OH is 2. The van der Waals surface area contributed by atoms with Crippen molar-refractivity contribution in [3.8, 4) is 0 Å². The van der Waals surface area contributed by atoms with Crippen LogP contribution in [0.1, 0.15) is 64.2 Å². The Morgan fingerprint density at radius 2 is 2.00 bits per heavy atom. The summed E-state index contributed by atoms with van der Waals surface area (Å²) in [5, 5.41) is 21.5. The molecule has 4 rings (SSSR count). The fourth-order valence-corrected chi connectivity index (χ4v) is 5.08. The van der Waals surface area contributed by atoms with E-state index in [1.165, 1.54) is 6.08 Å². The SMILES string of the molecule is C=C1CCC[C@@H]2CC=CC(C/C=C\C(=O)OC(C(O)/C=C/C3CCCCO3)C[C@@H]3OC3[C@@H](O)C1)O2. The van der Waals surface area contributed by atoms with E-state index in [1.807, 2.05) is 12.2 Å². The van der Waals surface area contributed by atoms with E-state index in [4.69, 9.17) is 18.9 Å². The Kier molecular flexibility index (Phi) is 9.75. The van der Waals surface area contributed by atoms with Crippen LogP contribution in [-0.2, 0) is 23.7 Å². The van der Waals surface area contributed by atoms with E-state index in [-0.39, 0.29) is 30.5 Å². The minimum Gasteiger partial charge on any atom is -0.456 e. The minimum absolute atomic E-state index is 0.0293. The third kappa shape index (κ3) is 8.40. The van der Waals surface area contributed by atoms with Crippen molar-refractivity contribution < 1.29 is 34.0 Å². The van der Waals surface area contributed by atoms with Gasteiger partial charge in [0.05, 0.1) is 30.5 Å². The molecule has 4 heterocycles. The zero-order chi connectivity index (χ0) is 24.6. The summed E-state index contributed by atoms with van der Waals surface area (Å²) >= 11 is 0. The molecule has 8 atom stereocenters. The molecule has 0 radical (unpaired) electrons. The van der Waals surface area contributed by atoms with E-state index in [1.54, 1.807) is 12.2 Å². The third-order valence-corrected chi connectivity index (χ3v) is 7.15. The van der Waals surface area contributed by atoms with E-state index >= 15 is 0 Å². The van der Waals surface area contributed by atoms with Crippen molar-refractivity contribution >= 4 is 5.97 Å². The summed E-state index contributed by atoms with van der Waals surface area (Å²) in [5.74, 6) is -0.514. The van der Waals surface area contributed by atoms with Crippen LogP contribution in [0.25, 0.3) is 0 Å². The first-order valence-electron chi connectivity index (χ1n) is 13.2. The van der Waals surface area contributed by atoms with Gasteiger partial charge in [0.2, 0.25) is 0 Å². The molecule has 4 aliphatic heterocycles. The van der Waals surface area contributed by atoms with Gasteiger partial charge in [-0.1, -0.05) is 42.5 Å². The minimum atomic E-state index is -0.995. The molecule has 35 heavy (non-hydrogen) atoms. The van der Waals surface area contributed by atoms with Crippen LogP contribution in [0.5, 0.6) is 0 Å². The number of carbonyl (C=O) groups is 1. The van der Waals surface area contributed by atoms with E-state index in [0.29, 0.717) is 19.3 Å². The molecule has 0 spiro atoms. The predicted octanol–water partition coefficient (Wildman–Crippen LogP) is 3.69. The number of fused-ring (bicyclic) bond motifs is 3. The zero-order valence-corrected chi connectivity index (χ0v) is 20.5. The first kappa shape index (κ1) is 26.3. The van der Waals surface area contributed by atoms with Crippen molar-refractivity contribution in [1.82, 2.24) is 0 Å². The number of rotatable bonds is 3. The van der Waals surface area contributed by atoms with E-state index in [9.17, 15) is 15.0 Å². The molecule has 0 aromatic heterocycles. The van der Waals surface area contributed by atoms with Gasteiger partial charge in [-0.3, -0.25) is 0 Å². The fraction of sp³-hybridized carbons (Fsp3) is 0.679. The highest BCUT2D eigenvalue weighted by atomic mass is 16.6. The van der Waals surface area contributed by atoms with Gasteiger partial charge < -0.3 is 29.2 Å². The van der Waals surface area contributed by atoms with Crippen LogP contribution in [0.3, 0.4) is 0 Å². The van der Waals surface area contributed by atoms with E-state index < -0.39 is 24.3 Å². The Bertz CT molecular complexity index is 797. The van der Waals surface area contributed by atoms with Crippen LogP contribution in [-0.4, -0.2) is 71.6 Å². The van der Waals surface area contributed by atoms with Gasteiger partial charge in [0.25, 0.3) is 0 Å². The maximum atomic E-state index is 12.6. The third-order valence-electron chi connectivity index (χ3n) is 7.15. The Hall–Kier alpha value is -1.77. The van der Waals surface area contributed by atoms with Gasteiger partial charge in [-0.05, 0) is 57.8 Å². The van der Waals surface area contributed by atoms with Gasteiger partial charge >= 0.3 is 5.97 Å². The van der Waals surface area contributed by atoms with Crippen molar-refractivity contribution in [2.75, 3.05) is 6.61 Å². The number of aliphatic hydroxyl groups is 2. The lowest BCUT2D eigenvalue weighted by molar-refractivity contribution is -0.148. The van der Waals surface area contributed by atoms with Gasteiger partial charge in [0, 0.05) is 19.1 Å². The molecule has 2 bridgehead atoms. The van der Waals surface area contributed by atoms with Gasteiger partial charge in [0.15, 0.2) is 0 Å². The lowest BCUT2D eigenvalue weighted by Gasteiger charge is -2.25. The average molecular weight is 489 g/mol. The Balaban J connectivity index is 1.42. The molecule has 7 heteroatoms. The molecule has 2 N–H and O–H groups in total. The number of esters is 1. The quantitative estimate of drug-likeness (QED) is 0.355. The van der Waals surface area contributed by atoms with Crippen LogP contribution in [0.4, 0.5) is 0 Å². The number of hydrogen-bond acceptors (Lipinski definition) is 7. The first-order valence-corrected chi connectivity index (χ1v) is 13.2. The fourth-order valence-electron chi connectivity index (χ4n) is 5.08. The summed E-state index contributed by atoms with van der Waals surface area (Å²) in [5.41, 5.74) is 0.997. The molecule has 2 fully saturated rings. The summed E-state index contributed by atoms with van der Waals surface area (Å²) in [6.45, 7) is 4.86. The Morgan fingerprint density at radius 1 is 1.11 bits per heavy atom. The first-order chi connectivity index (χ1) is 17.0. The van der Waals surface area contributed by atoms with Crippen molar-refractivity contribution in [1.29, 1.82) is 0 Å². The van der Waals surface area contributed by atoms with Crippen molar-refractivity contribution in [2.45, 2.75) is 113 Å². The lowest BCUT2D eigenvalue weighted by Crippen LogP contribution is -2.32. The second-order valence-electron chi connectivity index (χ2n) is 10.1. The van der Waals surface area contributed by atoms with Crippen LogP contribution in [0.2, 0.25) is 0 Å². The molecule has 5 unspecified atom stereocenters. The smallest absolute Gasteiger partial charge is 0.330 e. The topological polar surface area (TPSA) is 97.8 Å². The summed E-state index contributed by atoms with van der Waals surface area (Å²) in [7, 11) is 0. The van der Waals surface area contributed by atoms with Crippen LogP contribution < -0.4 is 0 Å². The number of hydrogen-bond donors (Lipinski definition) is 2. The summed E-state index contributed by atoms with van der Waals surface area (Å²) in [6, 6.07) is 0. The second-order valence-corrected chi connectivity index (χ2v) is 10.1. The molecule has 2 saturated heterocycles. The van der Waals surface area contributed by atoms with E-state index in [0.717, 1.165) is 57.1 Å². The molecule has 0 aromatic carbocycles. The van der Waals surface area contributed by atoms with Crippen LogP contribution in [0.15, 0.2) is 48.6 Å².